The summed E-state index contributed by atoms with van der Waals surface area (Å²) in [6.45, 7) is 7.76. The van der Waals surface area contributed by atoms with E-state index in [-0.39, 0.29) is 17.7 Å². The summed E-state index contributed by atoms with van der Waals surface area (Å²) < 4.78 is 7.21. The molecule has 0 aromatic carbocycles. The molecule has 2 N–H and O–H groups in total. The summed E-state index contributed by atoms with van der Waals surface area (Å²) in [7, 11) is -1.13. The van der Waals surface area contributed by atoms with Gasteiger partial charge in [0.1, 0.15) is 22.9 Å². The molecule has 8 heteroatoms. The highest BCUT2D eigenvalue weighted by Gasteiger charge is 2.16. The number of nitrogens with zero attached hydrogens (tertiary/aromatic N) is 3. The van der Waals surface area contributed by atoms with Crippen LogP contribution in [0, 0.1) is 0 Å². The summed E-state index contributed by atoms with van der Waals surface area (Å²) in [6.07, 6.45) is 0.718. The fraction of sp³-hybridized carbons (Fsp3) is 0.462. The van der Waals surface area contributed by atoms with E-state index in [1.807, 2.05) is 0 Å². The number of nitrogens with two attached hydrogens (primary N) is 1. The van der Waals surface area contributed by atoms with Crippen molar-refractivity contribution in [2.45, 2.75) is 32.4 Å². The average molecular weight is 327 g/mol. The number of nitrogen functional groups attached to an aromatic ring is 1. The number of halogens is 1. The molecule has 0 radical (unpaired) electrons. The summed E-state index contributed by atoms with van der Waals surface area (Å²) in [5.41, 5.74) is 7.22. The Hall–Kier alpha value is -1.44. The van der Waals surface area contributed by atoms with Crippen molar-refractivity contribution in [2.75, 3.05) is 12.3 Å². The van der Waals surface area contributed by atoms with Gasteiger partial charge in [0.15, 0.2) is 12.1 Å². The maximum atomic E-state index is 11.2. The van der Waals surface area contributed by atoms with Crippen molar-refractivity contribution >= 4 is 42.8 Å². The fourth-order valence-electron chi connectivity index (χ4n) is 1.92. The van der Waals surface area contributed by atoms with Crippen LogP contribution in [-0.4, -0.2) is 35.7 Å². The Bertz CT molecular complexity index is 666. The molecule has 2 aromatic rings. The van der Waals surface area contributed by atoms with Crippen LogP contribution in [0.3, 0.4) is 0 Å². The molecule has 0 amide bonds. The normalized spacial score (nSPS) is 12.0. The van der Waals surface area contributed by atoms with Crippen molar-refractivity contribution < 1.29 is 9.53 Å². The van der Waals surface area contributed by atoms with Crippen molar-refractivity contribution in [3.05, 3.63) is 16.8 Å². The van der Waals surface area contributed by atoms with Crippen LogP contribution < -0.4 is 5.73 Å². The van der Waals surface area contributed by atoms with Gasteiger partial charge in [-0.1, -0.05) is 31.2 Å². The van der Waals surface area contributed by atoms with E-state index in [9.17, 15) is 4.79 Å². The highest BCUT2D eigenvalue weighted by atomic mass is 35.5. The Balaban J connectivity index is 2.22. The van der Waals surface area contributed by atoms with Crippen LogP contribution in [0.1, 0.15) is 10.4 Å². The van der Waals surface area contributed by atoms with E-state index < -0.39 is 8.07 Å². The molecule has 0 atom stereocenters. The third-order valence-corrected chi connectivity index (χ3v) is 4.95. The van der Waals surface area contributed by atoms with Gasteiger partial charge in [-0.3, -0.25) is 4.79 Å². The number of carbonyl (C=O) groups excluding carboxylic acids is 1. The van der Waals surface area contributed by atoms with Gasteiger partial charge in [0.25, 0.3) is 0 Å². The van der Waals surface area contributed by atoms with Gasteiger partial charge in [0.2, 0.25) is 0 Å². The fourth-order valence-corrected chi connectivity index (χ4v) is 2.87. The third-order valence-electron chi connectivity index (χ3n) is 3.06. The minimum Gasteiger partial charge on any atom is -0.380 e. The first-order valence-corrected chi connectivity index (χ1v) is 10.8. The lowest BCUT2D eigenvalue weighted by atomic mass is 10.2. The van der Waals surface area contributed by atoms with E-state index >= 15 is 0 Å². The van der Waals surface area contributed by atoms with Crippen LogP contribution in [0.25, 0.3) is 11.0 Å². The summed E-state index contributed by atoms with van der Waals surface area (Å²) in [4.78, 5) is 15.3. The number of anilines is 1. The lowest BCUT2D eigenvalue weighted by Crippen LogP contribution is -2.22. The first-order chi connectivity index (χ1) is 9.81. The monoisotopic (exact) mass is 326 g/mol. The van der Waals surface area contributed by atoms with E-state index in [0.29, 0.717) is 23.2 Å². The van der Waals surface area contributed by atoms with Crippen LogP contribution in [-0.2, 0) is 11.5 Å². The first-order valence-electron chi connectivity index (χ1n) is 6.67. The zero-order valence-corrected chi connectivity index (χ0v) is 14.1. The lowest BCUT2D eigenvalue weighted by molar-refractivity contribution is 0.0818. The second-order valence-corrected chi connectivity index (χ2v) is 12.1. The quantitative estimate of drug-likeness (QED) is 0.382. The lowest BCUT2D eigenvalue weighted by Gasteiger charge is -2.15. The van der Waals surface area contributed by atoms with E-state index in [4.69, 9.17) is 22.1 Å². The van der Waals surface area contributed by atoms with Gasteiger partial charge in [-0.05, 0) is 12.1 Å². The van der Waals surface area contributed by atoms with Gasteiger partial charge < -0.3 is 10.5 Å². The molecular weight excluding hydrogens is 308 g/mol. The molecule has 2 rings (SSSR count). The molecule has 0 spiro atoms. The Labute approximate surface area is 129 Å². The van der Waals surface area contributed by atoms with Crippen LogP contribution in [0.4, 0.5) is 5.82 Å². The summed E-state index contributed by atoms with van der Waals surface area (Å²) >= 11 is 5.87. The standard InChI is InChI=1S/C13H19ClN4O2Si/c1-21(2,3)5-4-20-8-18-12-9(7-19)6-10(14)16-11(12)13(15)17-18/h6-7H,4-5,8H2,1-3H3,(H2,15,17). The number of carbonyl (C=O) groups is 1. The molecule has 0 unspecified atom stereocenters. The van der Waals surface area contributed by atoms with Crippen molar-refractivity contribution in [3.63, 3.8) is 0 Å². The molecule has 2 heterocycles. The van der Waals surface area contributed by atoms with Gasteiger partial charge in [0.05, 0.1) is 0 Å². The Kier molecular flexibility index (Phi) is 4.65. The number of hydrogen-bond donors (Lipinski definition) is 1. The summed E-state index contributed by atoms with van der Waals surface area (Å²) in [6, 6.07) is 2.56. The Morgan fingerprint density at radius 2 is 2.19 bits per heavy atom. The smallest absolute Gasteiger partial charge is 0.172 e. The molecule has 0 saturated carbocycles. The second kappa shape index (κ2) is 6.13. The van der Waals surface area contributed by atoms with Crippen molar-refractivity contribution in [3.8, 4) is 0 Å². The summed E-state index contributed by atoms with van der Waals surface area (Å²) in [5.74, 6) is 0.240. The molecule has 2 aromatic heterocycles. The molecule has 0 saturated heterocycles. The second-order valence-electron chi connectivity index (χ2n) is 6.08. The van der Waals surface area contributed by atoms with Crippen molar-refractivity contribution in [1.29, 1.82) is 0 Å². The number of aldehydes is 1. The highest BCUT2D eigenvalue weighted by molar-refractivity contribution is 6.76. The van der Waals surface area contributed by atoms with Gasteiger partial charge in [-0.2, -0.15) is 5.10 Å². The number of hydrogen-bond acceptors (Lipinski definition) is 5. The molecule has 0 aliphatic carbocycles. The molecule has 114 valence electrons. The van der Waals surface area contributed by atoms with Crippen LogP contribution >= 0.6 is 11.6 Å². The molecule has 0 aliphatic heterocycles. The highest BCUT2D eigenvalue weighted by Crippen LogP contribution is 2.24. The maximum Gasteiger partial charge on any atom is 0.172 e. The third kappa shape index (κ3) is 3.81. The zero-order chi connectivity index (χ0) is 15.6. The van der Waals surface area contributed by atoms with E-state index in [2.05, 4.69) is 29.7 Å². The average Bonchev–Trinajstić information content (AvgIpc) is 2.70. The number of pyridine rings is 1. The predicted molar refractivity (Wildman–Crippen MR) is 86.4 cm³/mol. The van der Waals surface area contributed by atoms with Gasteiger partial charge in [0, 0.05) is 20.2 Å². The van der Waals surface area contributed by atoms with Crippen LogP contribution in [0.15, 0.2) is 6.07 Å². The van der Waals surface area contributed by atoms with E-state index in [0.717, 1.165) is 12.3 Å². The first kappa shape index (κ1) is 15.9. The van der Waals surface area contributed by atoms with E-state index in [1.54, 1.807) is 4.68 Å². The largest absolute Gasteiger partial charge is 0.380 e. The predicted octanol–water partition coefficient (Wildman–Crippen LogP) is 2.79. The minimum absolute atomic E-state index is 0.218. The zero-order valence-electron chi connectivity index (χ0n) is 12.4. The molecular formula is C13H19ClN4O2Si. The number of aromatic nitrogens is 3. The van der Waals surface area contributed by atoms with Crippen molar-refractivity contribution in [2.24, 2.45) is 0 Å². The Morgan fingerprint density at radius 1 is 1.48 bits per heavy atom. The minimum atomic E-state index is -1.13. The van der Waals surface area contributed by atoms with E-state index in [1.165, 1.54) is 6.07 Å². The molecule has 21 heavy (non-hydrogen) atoms. The Morgan fingerprint density at radius 3 is 2.81 bits per heavy atom. The topological polar surface area (TPSA) is 83.0 Å². The van der Waals surface area contributed by atoms with Crippen LogP contribution in [0.5, 0.6) is 0 Å². The molecule has 0 bridgehead atoms. The van der Waals surface area contributed by atoms with Crippen molar-refractivity contribution in [1.82, 2.24) is 14.8 Å². The number of ether oxygens (including phenoxy) is 1. The van der Waals surface area contributed by atoms with Crippen LogP contribution in [0.2, 0.25) is 30.8 Å². The molecule has 6 nitrogen and oxygen atoms in total. The number of fused-ring (bicyclic) bond motifs is 1. The van der Waals surface area contributed by atoms with Gasteiger partial charge >= 0.3 is 0 Å². The van der Waals surface area contributed by atoms with Gasteiger partial charge in [-0.15, -0.1) is 0 Å². The molecule has 0 aliphatic rings. The number of rotatable bonds is 6. The van der Waals surface area contributed by atoms with Gasteiger partial charge in [-0.25, -0.2) is 9.67 Å². The molecule has 0 fully saturated rings. The summed E-state index contributed by atoms with van der Waals surface area (Å²) in [5, 5.41) is 4.39. The SMILES string of the molecule is C[Si](C)(C)CCOCn1nc(N)c2nc(Cl)cc(C=O)c21. The maximum absolute atomic E-state index is 11.2.